The molecule has 0 aliphatic carbocycles. The molecular weight excluding hydrogens is 338 g/mol. The number of carbonyl (C=O) groups excluding carboxylic acids is 1. The zero-order chi connectivity index (χ0) is 18.0. The Morgan fingerprint density at radius 3 is 2.84 bits per heavy atom. The predicted octanol–water partition coefficient (Wildman–Crippen LogP) is 2.99. The van der Waals surface area contributed by atoms with E-state index in [1.54, 1.807) is 19.1 Å². The Kier molecular flexibility index (Phi) is 4.80. The summed E-state index contributed by atoms with van der Waals surface area (Å²) in [6.45, 7) is 5.74. The fourth-order valence-corrected chi connectivity index (χ4v) is 3.02. The maximum Gasteiger partial charge on any atom is 0.237 e. The number of nitrogens with one attached hydrogen (secondary N) is 1. The lowest BCUT2D eigenvalue weighted by Gasteiger charge is -2.13. The van der Waals surface area contributed by atoms with Gasteiger partial charge >= 0.3 is 0 Å². The van der Waals surface area contributed by atoms with Gasteiger partial charge in [-0.05, 0) is 50.1 Å². The van der Waals surface area contributed by atoms with E-state index in [1.807, 2.05) is 32.0 Å². The fourth-order valence-electron chi connectivity index (χ4n) is 2.25. The zero-order valence-electron chi connectivity index (χ0n) is 14.2. The van der Waals surface area contributed by atoms with E-state index < -0.39 is 5.25 Å². The number of thioether (sulfide) groups is 1. The van der Waals surface area contributed by atoms with Gasteiger partial charge in [0.15, 0.2) is 5.76 Å². The molecule has 7 nitrogen and oxygen atoms in total. The molecule has 3 aromatic rings. The molecule has 0 fully saturated rings. The lowest BCUT2D eigenvalue weighted by atomic mass is 10.1. The highest BCUT2D eigenvalue weighted by Gasteiger charge is 2.21. The third-order valence-electron chi connectivity index (χ3n) is 3.71. The Morgan fingerprint density at radius 1 is 1.32 bits per heavy atom. The van der Waals surface area contributed by atoms with Gasteiger partial charge in [-0.1, -0.05) is 23.9 Å². The van der Waals surface area contributed by atoms with Crippen LogP contribution in [-0.4, -0.2) is 26.0 Å². The second kappa shape index (κ2) is 7.02. The summed E-state index contributed by atoms with van der Waals surface area (Å²) in [6.07, 6.45) is 1.54. The van der Waals surface area contributed by atoms with Gasteiger partial charge in [-0.15, -0.1) is 10.2 Å². The highest BCUT2D eigenvalue weighted by Crippen LogP contribution is 2.26. The largest absolute Gasteiger partial charge is 0.461 e. The Morgan fingerprint density at radius 2 is 2.12 bits per heavy atom. The summed E-state index contributed by atoms with van der Waals surface area (Å²) in [5.41, 5.74) is 2.91. The SMILES string of the molecule is Cc1ccc(C)c(NC(=O)C(C)Sc2nnc(-c3ccco3)n2N)c1. The van der Waals surface area contributed by atoms with Crippen molar-refractivity contribution in [3.63, 3.8) is 0 Å². The van der Waals surface area contributed by atoms with E-state index in [1.165, 1.54) is 22.7 Å². The Labute approximate surface area is 149 Å². The molecule has 1 amide bonds. The number of rotatable bonds is 5. The normalized spacial score (nSPS) is 12.1. The first kappa shape index (κ1) is 17.1. The van der Waals surface area contributed by atoms with Gasteiger partial charge in [0, 0.05) is 5.69 Å². The molecule has 0 spiro atoms. The molecule has 1 unspecified atom stereocenters. The number of nitrogens with two attached hydrogens (primary N) is 1. The number of anilines is 1. The first-order chi connectivity index (χ1) is 12.0. The summed E-state index contributed by atoms with van der Waals surface area (Å²) < 4.78 is 6.60. The topological polar surface area (TPSA) is 99.0 Å². The van der Waals surface area contributed by atoms with Crippen LogP contribution in [0.25, 0.3) is 11.6 Å². The number of nitrogen functional groups attached to an aromatic ring is 1. The smallest absolute Gasteiger partial charge is 0.237 e. The molecule has 0 aliphatic rings. The maximum atomic E-state index is 12.5. The van der Waals surface area contributed by atoms with Crippen molar-refractivity contribution in [2.24, 2.45) is 0 Å². The van der Waals surface area contributed by atoms with E-state index in [4.69, 9.17) is 10.3 Å². The minimum absolute atomic E-state index is 0.124. The summed E-state index contributed by atoms with van der Waals surface area (Å²) in [7, 11) is 0. The van der Waals surface area contributed by atoms with Crippen LogP contribution in [0.2, 0.25) is 0 Å². The molecule has 0 aliphatic heterocycles. The van der Waals surface area contributed by atoms with Crippen LogP contribution in [0.1, 0.15) is 18.1 Å². The fraction of sp³-hybridized carbons (Fsp3) is 0.235. The average molecular weight is 357 g/mol. The number of carbonyl (C=O) groups is 1. The average Bonchev–Trinajstić information content (AvgIpc) is 3.21. The summed E-state index contributed by atoms with van der Waals surface area (Å²) in [6, 6.07) is 9.44. The molecule has 2 heterocycles. The van der Waals surface area contributed by atoms with E-state index in [0.717, 1.165) is 16.8 Å². The van der Waals surface area contributed by atoms with Crippen molar-refractivity contribution in [3.05, 3.63) is 47.7 Å². The summed E-state index contributed by atoms with van der Waals surface area (Å²) in [4.78, 5) is 12.5. The van der Waals surface area contributed by atoms with Crippen molar-refractivity contribution in [3.8, 4) is 11.6 Å². The summed E-state index contributed by atoms with van der Waals surface area (Å²) in [5.74, 6) is 6.83. The molecule has 3 rings (SSSR count). The minimum Gasteiger partial charge on any atom is -0.461 e. The highest BCUT2D eigenvalue weighted by molar-refractivity contribution is 8.00. The lowest BCUT2D eigenvalue weighted by molar-refractivity contribution is -0.115. The van der Waals surface area contributed by atoms with Gasteiger partial charge in [0.05, 0.1) is 11.5 Å². The van der Waals surface area contributed by atoms with E-state index >= 15 is 0 Å². The van der Waals surface area contributed by atoms with Crippen molar-refractivity contribution >= 4 is 23.4 Å². The van der Waals surface area contributed by atoms with E-state index in [0.29, 0.717) is 16.7 Å². The number of aryl methyl sites for hydroxylation is 2. The molecule has 2 aromatic heterocycles. The number of hydrogen-bond acceptors (Lipinski definition) is 6. The van der Waals surface area contributed by atoms with E-state index in [9.17, 15) is 4.79 Å². The van der Waals surface area contributed by atoms with Crippen molar-refractivity contribution in [2.45, 2.75) is 31.2 Å². The molecule has 1 aromatic carbocycles. The number of hydrogen-bond donors (Lipinski definition) is 2. The number of aromatic nitrogens is 3. The summed E-state index contributed by atoms with van der Waals surface area (Å²) in [5, 5.41) is 11.1. The van der Waals surface area contributed by atoms with Crippen molar-refractivity contribution in [2.75, 3.05) is 11.2 Å². The molecule has 0 saturated carbocycles. The van der Waals surface area contributed by atoms with Crippen LogP contribution in [0, 0.1) is 13.8 Å². The highest BCUT2D eigenvalue weighted by atomic mass is 32.2. The Balaban J connectivity index is 1.71. The molecule has 0 radical (unpaired) electrons. The molecule has 25 heavy (non-hydrogen) atoms. The third-order valence-corrected chi connectivity index (χ3v) is 4.77. The molecule has 3 N–H and O–H groups in total. The predicted molar refractivity (Wildman–Crippen MR) is 97.7 cm³/mol. The monoisotopic (exact) mass is 357 g/mol. The molecule has 1 atom stereocenters. The quantitative estimate of drug-likeness (QED) is 0.538. The van der Waals surface area contributed by atoms with Crippen molar-refractivity contribution in [1.82, 2.24) is 14.9 Å². The first-order valence-electron chi connectivity index (χ1n) is 7.75. The summed E-state index contributed by atoms with van der Waals surface area (Å²) >= 11 is 1.24. The van der Waals surface area contributed by atoms with Crippen LogP contribution in [0.3, 0.4) is 0 Å². The number of nitrogens with zero attached hydrogens (tertiary/aromatic N) is 3. The molecule has 0 bridgehead atoms. The molecular formula is C17H19N5O2S. The van der Waals surface area contributed by atoms with Crippen LogP contribution in [0.15, 0.2) is 46.2 Å². The van der Waals surface area contributed by atoms with Gasteiger partial charge in [-0.2, -0.15) is 0 Å². The number of benzene rings is 1. The van der Waals surface area contributed by atoms with Gasteiger partial charge < -0.3 is 15.6 Å². The Hall–Kier alpha value is -2.74. The number of furan rings is 1. The van der Waals surface area contributed by atoms with Gasteiger partial charge in [0.2, 0.25) is 16.9 Å². The van der Waals surface area contributed by atoms with E-state index in [2.05, 4.69) is 15.5 Å². The standard InChI is InChI=1S/C17H19N5O2S/c1-10-6-7-11(2)13(9-10)19-16(23)12(3)25-17-21-20-15(22(17)18)14-5-4-8-24-14/h4-9,12H,18H2,1-3H3,(H,19,23). The maximum absolute atomic E-state index is 12.5. The van der Waals surface area contributed by atoms with Gasteiger partial charge in [0.1, 0.15) is 0 Å². The molecule has 8 heteroatoms. The van der Waals surface area contributed by atoms with Crippen LogP contribution < -0.4 is 11.2 Å². The van der Waals surface area contributed by atoms with Crippen LogP contribution >= 0.6 is 11.8 Å². The zero-order valence-corrected chi connectivity index (χ0v) is 15.0. The molecule has 0 saturated heterocycles. The Bertz CT molecular complexity index is 889. The second-order valence-electron chi connectivity index (χ2n) is 5.72. The molecule has 130 valence electrons. The van der Waals surface area contributed by atoms with Gasteiger partial charge in [-0.3, -0.25) is 4.79 Å². The second-order valence-corrected chi connectivity index (χ2v) is 7.03. The van der Waals surface area contributed by atoms with E-state index in [-0.39, 0.29) is 5.91 Å². The van der Waals surface area contributed by atoms with Crippen LogP contribution in [0.5, 0.6) is 0 Å². The van der Waals surface area contributed by atoms with Crippen LogP contribution in [-0.2, 0) is 4.79 Å². The van der Waals surface area contributed by atoms with Crippen molar-refractivity contribution in [1.29, 1.82) is 0 Å². The van der Waals surface area contributed by atoms with Crippen molar-refractivity contribution < 1.29 is 9.21 Å². The number of amides is 1. The van der Waals surface area contributed by atoms with Crippen LogP contribution in [0.4, 0.5) is 5.69 Å². The minimum atomic E-state index is -0.393. The van der Waals surface area contributed by atoms with Gasteiger partial charge in [-0.25, -0.2) is 4.68 Å². The first-order valence-corrected chi connectivity index (χ1v) is 8.63. The van der Waals surface area contributed by atoms with Gasteiger partial charge in [0.25, 0.3) is 0 Å². The lowest BCUT2D eigenvalue weighted by Crippen LogP contribution is -2.24. The third kappa shape index (κ3) is 3.69.